The van der Waals surface area contributed by atoms with Crippen molar-refractivity contribution in [3.05, 3.63) is 36.5 Å². The van der Waals surface area contributed by atoms with E-state index in [-0.39, 0.29) is 27.7 Å². The number of hydrogen-bond donors (Lipinski definition) is 1. The number of alkyl halides is 3. The van der Waals surface area contributed by atoms with Gasteiger partial charge in [0.05, 0.1) is 16.3 Å². The summed E-state index contributed by atoms with van der Waals surface area (Å²) < 4.78 is 85.6. The summed E-state index contributed by atoms with van der Waals surface area (Å²) in [5, 5.41) is -0.852. The van der Waals surface area contributed by atoms with Crippen molar-refractivity contribution in [2.75, 3.05) is 5.75 Å². The number of halogens is 3. The smallest absolute Gasteiger partial charge is 0.338 e. The number of pyridine rings is 2. The molecule has 3 heterocycles. The molecule has 144 valence electrons. The zero-order valence-electron chi connectivity index (χ0n) is 13.6. The number of nitrogens with zero attached hydrogens (tertiary/aromatic N) is 2. The highest BCUT2D eigenvalue weighted by atomic mass is 32.2. The highest BCUT2D eigenvalue weighted by Gasteiger charge is 2.48. The number of aromatic nitrogens is 3. The first kappa shape index (κ1) is 19.3. The van der Waals surface area contributed by atoms with Gasteiger partial charge in [0.2, 0.25) is 0 Å². The second-order valence-electron chi connectivity index (χ2n) is 5.47. The van der Waals surface area contributed by atoms with Gasteiger partial charge in [0, 0.05) is 11.6 Å². The maximum Gasteiger partial charge on any atom is 0.503 e. The van der Waals surface area contributed by atoms with E-state index in [0.29, 0.717) is 5.39 Å². The number of fused-ring (bicyclic) bond motifs is 1. The van der Waals surface area contributed by atoms with Crippen LogP contribution in [0.15, 0.2) is 46.5 Å². The molecule has 1 N–H and O–H groups in total. The van der Waals surface area contributed by atoms with Crippen molar-refractivity contribution in [2.24, 2.45) is 0 Å². The van der Waals surface area contributed by atoms with Crippen molar-refractivity contribution >= 4 is 30.7 Å². The molecule has 7 nitrogen and oxygen atoms in total. The lowest BCUT2D eigenvalue weighted by molar-refractivity contribution is -0.0437. The van der Waals surface area contributed by atoms with Crippen molar-refractivity contribution in [2.45, 2.75) is 22.4 Å². The third-order valence-electron chi connectivity index (χ3n) is 3.77. The topological polar surface area (TPSA) is 110 Å². The Hall–Kier alpha value is -2.47. The van der Waals surface area contributed by atoms with Crippen LogP contribution in [-0.4, -0.2) is 43.0 Å². The molecule has 0 bridgehead atoms. The van der Waals surface area contributed by atoms with Gasteiger partial charge >= 0.3 is 5.51 Å². The van der Waals surface area contributed by atoms with Gasteiger partial charge in [0.1, 0.15) is 11.3 Å². The van der Waals surface area contributed by atoms with Gasteiger partial charge < -0.3 is 4.98 Å². The molecule has 0 aromatic carbocycles. The molecule has 0 unspecified atom stereocenters. The lowest BCUT2D eigenvalue weighted by Crippen LogP contribution is -2.24. The van der Waals surface area contributed by atoms with E-state index >= 15 is 0 Å². The van der Waals surface area contributed by atoms with Crippen LogP contribution < -0.4 is 0 Å². The fraction of sp³-hybridized carbons (Fsp3) is 0.200. The van der Waals surface area contributed by atoms with Gasteiger partial charge in [0.15, 0.2) is 14.9 Å². The summed E-state index contributed by atoms with van der Waals surface area (Å²) in [4.78, 5) is 10.2. The van der Waals surface area contributed by atoms with Gasteiger partial charge in [0.25, 0.3) is 9.84 Å². The monoisotopic (exact) mass is 419 g/mol. The fourth-order valence-electron chi connectivity index (χ4n) is 2.38. The SMILES string of the molecule is CCS(=O)(=O)c1cccnc1-c1cc2ccc(S(=O)(=O)C(F)(F)F)nc2[nH]1. The fourth-order valence-corrected chi connectivity index (χ4v) is 4.13. The van der Waals surface area contributed by atoms with Crippen molar-refractivity contribution in [1.29, 1.82) is 0 Å². The average molecular weight is 419 g/mol. The van der Waals surface area contributed by atoms with Gasteiger partial charge in [-0.15, -0.1) is 0 Å². The number of aromatic amines is 1. The lowest BCUT2D eigenvalue weighted by Gasteiger charge is -2.07. The van der Waals surface area contributed by atoms with Crippen LogP contribution in [0.25, 0.3) is 22.4 Å². The highest BCUT2D eigenvalue weighted by molar-refractivity contribution is 7.92. The van der Waals surface area contributed by atoms with E-state index < -0.39 is 30.2 Å². The normalized spacial score (nSPS) is 13.2. The predicted octanol–water partition coefficient (Wildman–Crippen LogP) is 2.71. The molecule has 0 radical (unpaired) electrons. The maximum absolute atomic E-state index is 12.7. The molecule has 3 aromatic rings. The molecule has 0 saturated heterocycles. The second kappa shape index (κ2) is 6.30. The molecule has 0 aliphatic rings. The van der Waals surface area contributed by atoms with Crippen LogP contribution in [0.2, 0.25) is 0 Å². The summed E-state index contributed by atoms with van der Waals surface area (Å²) in [6, 6.07) is 6.13. The van der Waals surface area contributed by atoms with Gasteiger partial charge in [-0.2, -0.15) is 13.2 Å². The third-order valence-corrected chi connectivity index (χ3v) is 6.92. The third kappa shape index (κ3) is 3.30. The minimum atomic E-state index is -5.60. The van der Waals surface area contributed by atoms with Crippen LogP contribution in [0.5, 0.6) is 0 Å². The first-order valence-electron chi connectivity index (χ1n) is 7.46. The van der Waals surface area contributed by atoms with Gasteiger partial charge in [-0.3, -0.25) is 4.98 Å². The van der Waals surface area contributed by atoms with Crippen LogP contribution in [-0.2, 0) is 19.7 Å². The molecule has 27 heavy (non-hydrogen) atoms. The van der Waals surface area contributed by atoms with Crippen LogP contribution in [0.4, 0.5) is 13.2 Å². The first-order chi connectivity index (χ1) is 12.5. The minimum absolute atomic E-state index is 0.0535. The average Bonchev–Trinajstić information content (AvgIpc) is 3.04. The van der Waals surface area contributed by atoms with Crippen LogP contribution in [0, 0.1) is 0 Å². The predicted molar refractivity (Wildman–Crippen MR) is 90.3 cm³/mol. The number of H-pyrrole nitrogens is 1. The Bertz CT molecular complexity index is 1230. The molecule has 0 saturated carbocycles. The Morgan fingerprint density at radius 1 is 1.11 bits per heavy atom. The van der Waals surface area contributed by atoms with Gasteiger partial charge in [-0.05, 0) is 30.3 Å². The zero-order valence-corrected chi connectivity index (χ0v) is 15.3. The van der Waals surface area contributed by atoms with Crippen molar-refractivity contribution < 1.29 is 30.0 Å². The molecule has 0 aliphatic heterocycles. The number of rotatable bonds is 4. The van der Waals surface area contributed by atoms with Crippen molar-refractivity contribution in [3.63, 3.8) is 0 Å². The van der Waals surface area contributed by atoms with E-state index in [9.17, 15) is 30.0 Å². The van der Waals surface area contributed by atoms with E-state index in [1.807, 2.05) is 0 Å². The van der Waals surface area contributed by atoms with Crippen LogP contribution >= 0.6 is 0 Å². The lowest BCUT2D eigenvalue weighted by atomic mass is 10.2. The Kier molecular flexibility index (Phi) is 4.50. The molecule has 0 amide bonds. The summed E-state index contributed by atoms with van der Waals surface area (Å²) in [6.07, 6.45) is 1.36. The summed E-state index contributed by atoms with van der Waals surface area (Å²) in [7, 11) is -9.21. The molecular formula is C15H12F3N3O4S2. The Labute approximate surface area is 152 Å². The summed E-state index contributed by atoms with van der Waals surface area (Å²) in [5.74, 6) is -0.169. The molecule has 0 aliphatic carbocycles. The van der Waals surface area contributed by atoms with E-state index in [2.05, 4.69) is 15.0 Å². The van der Waals surface area contributed by atoms with E-state index in [1.54, 1.807) is 0 Å². The largest absolute Gasteiger partial charge is 0.503 e. The van der Waals surface area contributed by atoms with Gasteiger partial charge in [-0.1, -0.05) is 6.92 Å². The van der Waals surface area contributed by atoms with E-state index in [4.69, 9.17) is 0 Å². The number of hydrogen-bond acceptors (Lipinski definition) is 6. The number of nitrogens with one attached hydrogen (secondary N) is 1. The highest BCUT2D eigenvalue weighted by Crippen LogP contribution is 2.32. The summed E-state index contributed by atoms with van der Waals surface area (Å²) in [6.45, 7) is 1.47. The molecular weight excluding hydrogens is 407 g/mol. The minimum Gasteiger partial charge on any atom is -0.338 e. The maximum atomic E-state index is 12.7. The van der Waals surface area contributed by atoms with Crippen molar-refractivity contribution in [1.82, 2.24) is 15.0 Å². The van der Waals surface area contributed by atoms with Crippen LogP contribution in [0.3, 0.4) is 0 Å². The molecule has 3 rings (SSSR count). The molecule has 12 heteroatoms. The summed E-state index contributed by atoms with van der Waals surface area (Å²) in [5.41, 5.74) is -5.36. The van der Waals surface area contributed by atoms with Crippen LogP contribution in [0.1, 0.15) is 6.92 Å². The summed E-state index contributed by atoms with van der Waals surface area (Å²) >= 11 is 0. The Morgan fingerprint density at radius 3 is 2.44 bits per heavy atom. The first-order valence-corrected chi connectivity index (χ1v) is 10.6. The van der Waals surface area contributed by atoms with Crippen molar-refractivity contribution in [3.8, 4) is 11.4 Å². The number of sulfone groups is 2. The molecule has 0 fully saturated rings. The molecule has 0 atom stereocenters. The quantitative estimate of drug-likeness (QED) is 0.696. The zero-order chi connectivity index (χ0) is 20.0. The van der Waals surface area contributed by atoms with E-state index in [1.165, 1.54) is 31.3 Å². The van der Waals surface area contributed by atoms with Gasteiger partial charge in [-0.25, -0.2) is 21.8 Å². The van der Waals surface area contributed by atoms with E-state index in [0.717, 1.165) is 12.1 Å². The Balaban J connectivity index is 2.18. The second-order valence-corrected chi connectivity index (χ2v) is 9.61. The molecule has 3 aromatic heterocycles. The Morgan fingerprint density at radius 2 is 1.81 bits per heavy atom. The molecule has 0 spiro atoms. The standard InChI is InChI=1S/C15H12F3N3O4S2/c1-2-26(22,23)11-4-3-7-19-13(11)10-8-9-5-6-12(21-14(9)20-10)27(24,25)15(16,17)18/h3-8H,2H2,1H3,(H,20,21).